The molecule has 2 aliphatic heterocycles. The number of halogens is 1. The van der Waals surface area contributed by atoms with Crippen LogP contribution in [0.4, 0.5) is 4.39 Å². The molecule has 0 radical (unpaired) electrons. The minimum atomic E-state index is -0.383. The van der Waals surface area contributed by atoms with Crippen molar-refractivity contribution in [2.24, 2.45) is 4.99 Å². The second-order valence-corrected chi connectivity index (χ2v) is 6.40. The maximum atomic E-state index is 13.7. The van der Waals surface area contributed by atoms with Crippen molar-refractivity contribution in [2.45, 2.75) is 13.8 Å². The van der Waals surface area contributed by atoms with Crippen LogP contribution in [-0.4, -0.2) is 34.8 Å². The van der Waals surface area contributed by atoms with Crippen LogP contribution in [0.2, 0.25) is 0 Å². The number of pyridine rings is 1. The molecule has 7 heteroatoms. The molecule has 142 valence electrons. The van der Waals surface area contributed by atoms with Gasteiger partial charge in [-0.2, -0.15) is 0 Å². The van der Waals surface area contributed by atoms with Gasteiger partial charge in [0.15, 0.2) is 5.82 Å². The van der Waals surface area contributed by atoms with E-state index in [0.29, 0.717) is 41.5 Å². The number of allylic oxidation sites excluding steroid dienone is 1. The van der Waals surface area contributed by atoms with E-state index in [4.69, 9.17) is 4.74 Å². The number of nitrogens with zero attached hydrogens (tertiary/aromatic N) is 3. The summed E-state index contributed by atoms with van der Waals surface area (Å²) in [5.41, 5.74) is 7.09. The zero-order valence-electron chi connectivity index (χ0n) is 15.6. The largest absolute Gasteiger partial charge is 0.462 e. The molecular weight excluding hydrogens is 359 g/mol. The second-order valence-electron chi connectivity index (χ2n) is 6.40. The van der Waals surface area contributed by atoms with Crippen LogP contribution in [0.3, 0.4) is 0 Å². The number of carbonyl (C=O) groups excluding carboxylic acids is 1. The van der Waals surface area contributed by atoms with E-state index in [9.17, 15) is 9.18 Å². The number of aromatic nitrogens is 1. The van der Waals surface area contributed by atoms with Crippen molar-refractivity contribution in [1.29, 1.82) is 0 Å². The summed E-state index contributed by atoms with van der Waals surface area (Å²) in [4.78, 5) is 21.4. The van der Waals surface area contributed by atoms with E-state index < -0.39 is 0 Å². The molecule has 28 heavy (non-hydrogen) atoms. The number of benzene rings is 1. The number of fused-ring (bicyclic) bond motifs is 1. The summed E-state index contributed by atoms with van der Waals surface area (Å²) in [6, 6.07) is 8.64. The smallest absolute Gasteiger partial charge is 0.339 e. The number of aryl methyl sites for hydroxylation is 1. The Morgan fingerprint density at radius 3 is 3.00 bits per heavy atom. The first-order valence-corrected chi connectivity index (χ1v) is 9.00. The second kappa shape index (κ2) is 7.36. The van der Waals surface area contributed by atoms with Crippen molar-refractivity contribution in [2.75, 3.05) is 13.2 Å². The van der Waals surface area contributed by atoms with E-state index in [0.717, 1.165) is 11.1 Å². The Hall–Kier alpha value is -3.32. The first-order valence-electron chi connectivity index (χ1n) is 9.00. The van der Waals surface area contributed by atoms with Crippen LogP contribution in [0, 0.1) is 12.7 Å². The first kappa shape index (κ1) is 18.1. The Kier molecular flexibility index (Phi) is 4.75. The van der Waals surface area contributed by atoms with Gasteiger partial charge in [-0.25, -0.2) is 19.6 Å². The Morgan fingerprint density at radius 2 is 2.21 bits per heavy atom. The van der Waals surface area contributed by atoms with Crippen molar-refractivity contribution in [3.63, 3.8) is 0 Å². The van der Waals surface area contributed by atoms with Gasteiger partial charge < -0.3 is 4.74 Å². The third-order valence-corrected chi connectivity index (χ3v) is 4.57. The SMILES string of the molecule is CCOC(=O)C1=C2N=C(c3cccnc3-c3ccc(F)c(C)c3)C=CN2NC1. The fraction of sp³-hybridized carbons (Fsp3) is 0.190. The average Bonchev–Trinajstić information content (AvgIpc) is 3.13. The van der Waals surface area contributed by atoms with Crippen LogP contribution in [0.15, 0.2) is 65.2 Å². The summed E-state index contributed by atoms with van der Waals surface area (Å²) in [5, 5.41) is 1.70. The number of nitrogens with one attached hydrogen (secondary N) is 1. The van der Waals surface area contributed by atoms with Gasteiger partial charge in [0.2, 0.25) is 0 Å². The maximum Gasteiger partial charge on any atom is 0.339 e. The van der Waals surface area contributed by atoms with Crippen LogP contribution in [0.5, 0.6) is 0 Å². The molecule has 2 aromatic rings. The zero-order valence-corrected chi connectivity index (χ0v) is 15.6. The molecule has 6 nitrogen and oxygen atoms in total. The quantitative estimate of drug-likeness (QED) is 0.828. The summed E-state index contributed by atoms with van der Waals surface area (Å²) >= 11 is 0. The molecule has 0 saturated heterocycles. The van der Waals surface area contributed by atoms with E-state index in [-0.39, 0.29) is 11.8 Å². The normalized spacial score (nSPS) is 15.5. The molecule has 0 saturated carbocycles. The standard InChI is InChI=1S/C21H19FN4O2/c1-3-28-21(27)16-12-24-26-10-8-18(25-20(16)26)15-5-4-9-23-19(15)14-6-7-17(22)13(2)11-14/h4-11,24H,3,12H2,1-2H3. The maximum absolute atomic E-state index is 13.7. The van der Waals surface area contributed by atoms with E-state index in [1.807, 2.05) is 24.4 Å². The summed E-state index contributed by atoms with van der Waals surface area (Å²) in [5.74, 6) is -0.124. The third-order valence-electron chi connectivity index (χ3n) is 4.57. The van der Waals surface area contributed by atoms with Crippen LogP contribution >= 0.6 is 0 Å². The number of ether oxygens (including phenoxy) is 1. The lowest BCUT2D eigenvalue weighted by molar-refractivity contribution is -0.138. The third kappa shape index (κ3) is 3.20. The lowest BCUT2D eigenvalue weighted by Gasteiger charge is -2.20. The molecule has 3 heterocycles. The Morgan fingerprint density at radius 1 is 1.36 bits per heavy atom. The number of esters is 1. The molecule has 2 aliphatic rings. The summed E-state index contributed by atoms with van der Waals surface area (Å²) in [7, 11) is 0. The molecule has 1 N–H and O–H groups in total. The fourth-order valence-corrected chi connectivity index (χ4v) is 3.17. The summed E-state index contributed by atoms with van der Waals surface area (Å²) in [6.45, 7) is 4.15. The molecule has 0 amide bonds. The topological polar surface area (TPSA) is 66.8 Å². The molecule has 4 rings (SSSR count). The number of carbonyl (C=O) groups is 1. The number of hydrazine groups is 1. The lowest BCUT2D eigenvalue weighted by atomic mass is 10.00. The zero-order chi connectivity index (χ0) is 19.7. The molecule has 1 aromatic heterocycles. The van der Waals surface area contributed by atoms with Gasteiger partial charge >= 0.3 is 5.97 Å². The molecule has 0 spiro atoms. The van der Waals surface area contributed by atoms with Gasteiger partial charge in [-0.3, -0.25) is 9.99 Å². The van der Waals surface area contributed by atoms with Crippen molar-refractivity contribution in [3.05, 3.63) is 77.1 Å². The Bertz CT molecular complexity index is 1040. The van der Waals surface area contributed by atoms with Gasteiger partial charge in [-0.15, -0.1) is 0 Å². The molecule has 0 fully saturated rings. The highest BCUT2D eigenvalue weighted by molar-refractivity contribution is 6.13. The van der Waals surface area contributed by atoms with E-state index >= 15 is 0 Å². The van der Waals surface area contributed by atoms with Gasteiger partial charge in [-0.05, 0) is 55.8 Å². The van der Waals surface area contributed by atoms with Crippen molar-refractivity contribution in [1.82, 2.24) is 15.4 Å². The number of rotatable bonds is 4. The van der Waals surface area contributed by atoms with Gasteiger partial charge in [0.1, 0.15) is 5.82 Å². The highest BCUT2D eigenvalue weighted by Crippen LogP contribution is 2.28. The van der Waals surface area contributed by atoms with E-state index in [2.05, 4.69) is 15.4 Å². The van der Waals surface area contributed by atoms with Gasteiger partial charge in [0, 0.05) is 23.5 Å². The monoisotopic (exact) mass is 378 g/mol. The molecule has 1 aromatic carbocycles. The minimum absolute atomic E-state index is 0.256. The predicted molar refractivity (Wildman–Crippen MR) is 104 cm³/mol. The van der Waals surface area contributed by atoms with Crippen molar-refractivity contribution >= 4 is 11.7 Å². The van der Waals surface area contributed by atoms with Crippen LogP contribution in [0.25, 0.3) is 11.3 Å². The fourth-order valence-electron chi connectivity index (χ4n) is 3.17. The molecular formula is C21H19FN4O2. The number of hydrogen-bond acceptors (Lipinski definition) is 6. The van der Waals surface area contributed by atoms with Crippen molar-refractivity contribution in [3.8, 4) is 11.3 Å². The summed E-state index contributed by atoms with van der Waals surface area (Å²) in [6.07, 6.45) is 5.36. The van der Waals surface area contributed by atoms with Gasteiger partial charge in [0.05, 0.1) is 30.1 Å². The Labute approximate surface area is 162 Å². The van der Waals surface area contributed by atoms with E-state index in [1.54, 1.807) is 37.2 Å². The van der Waals surface area contributed by atoms with Crippen LogP contribution in [0.1, 0.15) is 18.1 Å². The highest BCUT2D eigenvalue weighted by atomic mass is 19.1. The Balaban J connectivity index is 1.79. The average molecular weight is 378 g/mol. The highest BCUT2D eigenvalue weighted by Gasteiger charge is 2.29. The lowest BCUT2D eigenvalue weighted by Crippen LogP contribution is -2.28. The molecule has 0 unspecified atom stereocenters. The number of hydrogen-bond donors (Lipinski definition) is 1. The van der Waals surface area contributed by atoms with Gasteiger partial charge in [0.25, 0.3) is 0 Å². The predicted octanol–water partition coefficient (Wildman–Crippen LogP) is 3.11. The van der Waals surface area contributed by atoms with Crippen LogP contribution in [-0.2, 0) is 9.53 Å². The van der Waals surface area contributed by atoms with E-state index in [1.165, 1.54) is 6.07 Å². The molecule has 0 bridgehead atoms. The number of aliphatic imine (C=N–C) groups is 1. The molecule has 0 aliphatic carbocycles. The van der Waals surface area contributed by atoms with Crippen LogP contribution < -0.4 is 5.43 Å². The minimum Gasteiger partial charge on any atom is -0.462 e. The van der Waals surface area contributed by atoms with Crippen molar-refractivity contribution < 1.29 is 13.9 Å². The van der Waals surface area contributed by atoms with Gasteiger partial charge in [-0.1, -0.05) is 0 Å². The molecule has 0 atom stereocenters. The summed E-state index contributed by atoms with van der Waals surface area (Å²) < 4.78 is 18.8. The first-order chi connectivity index (χ1) is 13.6.